The normalized spacial score (nSPS) is 14.5. The summed E-state index contributed by atoms with van der Waals surface area (Å²) in [5.41, 5.74) is 1.22. The van der Waals surface area contributed by atoms with Crippen molar-refractivity contribution in [1.82, 2.24) is 25.0 Å². The van der Waals surface area contributed by atoms with Crippen LogP contribution in [0.25, 0.3) is 11.5 Å². The smallest absolute Gasteiger partial charge is 0.253 e. The fraction of sp³-hybridized carbons (Fsp3) is 0.188. The van der Waals surface area contributed by atoms with Gasteiger partial charge in [0, 0.05) is 35.5 Å². The molecule has 1 aromatic carbocycles. The third-order valence-electron chi connectivity index (χ3n) is 3.82. The molecule has 4 rings (SSSR count). The topological polar surface area (TPSA) is 85.0 Å². The minimum atomic E-state index is 0.00112. The summed E-state index contributed by atoms with van der Waals surface area (Å²) >= 11 is 3.38. The molecule has 0 unspecified atom stereocenters. The Morgan fingerprint density at radius 1 is 1.29 bits per heavy atom. The molecule has 0 spiro atoms. The lowest BCUT2D eigenvalue weighted by Gasteiger charge is -2.37. The van der Waals surface area contributed by atoms with E-state index in [0.29, 0.717) is 36.1 Å². The Balaban J connectivity index is 1.43. The molecule has 24 heavy (non-hydrogen) atoms. The van der Waals surface area contributed by atoms with E-state index in [9.17, 15) is 4.79 Å². The molecule has 3 aromatic rings. The maximum Gasteiger partial charge on any atom is 0.253 e. The van der Waals surface area contributed by atoms with Gasteiger partial charge in [-0.1, -0.05) is 27.2 Å². The first-order chi connectivity index (χ1) is 11.7. The highest BCUT2D eigenvalue weighted by atomic mass is 79.9. The molecule has 3 heterocycles. The quantitative estimate of drug-likeness (QED) is 0.688. The van der Waals surface area contributed by atoms with Gasteiger partial charge < -0.3 is 9.42 Å². The highest BCUT2D eigenvalue weighted by molar-refractivity contribution is 9.10. The van der Waals surface area contributed by atoms with Gasteiger partial charge >= 0.3 is 0 Å². The van der Waals surface area contributed by atoms with Gasteiger partial charge in [-0.25, -0.2) is 4.98 Å². The van der Waals surface area contributed by atoms with Crippen molar-refractivity contribution >= 4 is 21.8 Å². The zero-order chi connectivity index (χ0) is 16.5. The molecule has 8 heteroatoms. The molecular formula is C16H12BrN5O2. The number of carbonyl (C=O) groups is 1. The molecule has 120 valence electrons. The van der Waals surface area contributed by atoms with Gasteiger partial charge in [0.25, 0.3) is 5.91 Å². The highest BCUT2D eigenvalue weighted by Crippen LogP contribution is 2.28. The van der Waals surface area contributed by atoms with Crippen LogP contribution in [0.4, 0.5) is 0 Å². The van der Waals surface area contributed by atoms with Crippen LogP contribution in [0.1, 0.15) is 22.2 Å². The number of aromatic nitrogens is 4. The molecule has 1 aliphatic heterocycles. The lowest BCUT2D eigenvalue weighted by Crippen LogP contribution is -2.48. The van der Waals surface area contributed by atoms with Gasteiger partial charge in [-0.15, -0.1) is 0 Å². The van der Waals surface area contributed by atoms with Crippen molar-refractivity contribution in [2.24, 2.45) is 0 Å². The maximum absolute atomic E-state index is 12.4. The van der Waals surface area contributed by atoms with Crippen LogP contribution >= 0.6 is 15.9 Å². The molecule has 0 aliphatic carbocycles. The van der Waals surface area contributed by atoms with E-state index in [-0.39, 0.29) is 11.8 Å². The second-order valence-electron chi connectivity index (χ2n) is 5.46. The Hall–Kier alpha value is -2.61. The molecule has 0 N–H and O–H groups in total. The molecule has 0 bridgehead atoms. The van der Waals surface area contributed by atoms with Gasteiger partial charge in [-0.2, -0.15) is 4.98 Å². The Morgan fingerprint density at radius 2 is 2.17 bits per heavy atom. The fourth-order valence-corrected chi connectivity index (χ4v) is 2.92. The van der Waals surface area contributed by atoms with E-state index >= 15 is 0 Å². The number of benzene rings is 1. The zero-order valence-electron chi connectivity index (χ0n) is 12.5. The summed E-state index contributed by atoms with van der Waals surface area (Å²) in [6.07, 6.45) is 4.74. The van der Waals surface area contributed by atoms with Crippen molar-refractivity contribution in [1.29, 1.82) is 0 Å². The summed E-state index contributed by atoms with van der Waals surface area (Å²) in [4.78, 5) is 26.6. The van der Waals surface area contributed by atoms with Crippen molar-refractivity contribution in [2.45, 2.75) is 5.92 Å². The lowest BCUT2D eigenvalue weighted by atomic mass is 9.99. The molecule has 1 aliphatic rings. The van der Waals surface area contributed by atoms with Crippen molar-refractivity contribution in [2.75, 3.05) is 13.1 Å². The van der Waals surface area contributed by atoms with E-state index in [4.69, 9.17) is 4.52 Å². The lowest BCUT2D eigenvalue weighted by molar-refractivity contribution is 0.0569. The number of carbonyl (C=O) groups excluding carboxylic acids is 1. The number of hydrogen-bond donors (Lipinski definition) is 0. The van der Waals surface area contributed by atoms with E-state index in [0.717, 1.165) is 4.47 Å². The minimum Gasteiger partial charge on any atom is -0.338 e. The number of hydrogen-bond acceptors (Lipinski definition) is 6. The molecule has 0 saturated carbocycles. The van der Waals surface area contributed by atoms with Crippen LogP contribution in [0, 0.1) is 0 Å². The van der Waals surface area contributed by atoms with E-state index in [1.165, 1.54) is 0 Å². The van der Waals surface area contributed by atoms with Crippen LogP contribution < -0.4 is 0 Å². The number of likely N-dealkylation sites (tertiary alicyclic amines) is 1. The van der Waals surface area contributed by atoms with Crippen molar-refractivity contribution in [3.63, 3.8) is 0 Å². The Labute approximate surface area is 145 Å². The van der Waals surface area contributed by atoms with Gasteiger partial charge in [-0.05, 0) is 18.2 Å². The van der Waals surface area contributed by atoms with Gasteiger partial charge in [-0.3, -0.25) is 9.78 Å². The molecule has 1 amide bonds. The monoisotopic (exact) mass is 385 g/mol. The molecule has 1 fully saturated rings. The number of rotatable bonds is 3. The van der Waals surface area contributed by atoms with Crippen LogP contribution in [0.2, 0.25) is 0 Å². The number of amides is 1. The first-order valence-corrected chi connectivity index (χ1v) is 8.15. The maximum atomic E-state index is 12.4. The van der Waals surface area contributed by atoms with Crippen LogP contribution in [-0.2, 0) is 0 Å². The van der Waals surface area contributed by atoms with Crippen LogP contribution in [0.3, 0.4) is 0 Å². The Morgan fingerprint density at radius 3 is 2.92 bits per heavy atom. The third kappa shape index (κ3) is 2.80. The number of nitrogens with zero attached hydrogens (tertiary/aromatic N) is 5. The average molecular weight is 386 g/mol. The molecule has 7 nitrogen and oxygen atoms in total. The first-order valence-electron chi connectivity index (χ1n) is 7.35. The summed E-state index contributed by atoms with van der Waals surface area (Å²) in [6, 6.07) is 7.36. The van der Waals surface area contributed by atoms with Crippen molar-refractivity contribution < 1.29 is 9.32 Å². The standard InChI is InChI=1S/C16H12BrN5O2/c17-12-3-1-2-10(6-12)16(23)22-8-11(9-22)15-20-14(21-24-15)13-7-18-4-5-19-13/h1-7,11H,8-9H2. The molecule has 1 saturated heterocycles. The molecular weight excluding hydrogens is 374 g/mol. The fourth-order valence-electron chi connectivity index (χ4n) is 2.52. The van der Waals surface area contributed by atoms with Crippen molar-refractivity contribution in [3.8, 4) is 11.5 Å². The minimum absolute atomic E-state index is 0.00112. The van der Waals surface area contributed by atoms with E-state index in [2.05, 4.69) is 36.0 Å². The molecule has 0 radical (unpaired) electrons. The van der Waals surface area contributed by atoms with E-state index < -0.39 is 0 Å². The van der Waals surface area contributed by atoms with Gasteiger partial charge in [0.15, 0.2) is 0 Å². The van der Waals surface area contributed by atoms with Crippen LogP contribution in [-0.4, -0.2) is 44.0 Å². The predicted molar refractivity (Wildman–Crippen MR) is 88.1 cm³/mol. The number of halogens is 1. The third-order valence-corrected chi connectivity index (χ3v) is 4.32. The highest BCUT2D eigenvalue weighted by Gasteiger charge is 2.36. The van der Waals surface area contributed by atoms with Gasteiger partial charge in [0.05, 0.1) is 12.1 Å². The summed E-state index contributed by atoms with van der Waals surface area (Å²) in [6.45, 7) is 1.13. The van der Waals surface area contributed by atoms with Crippen LogP contribution in [0.15, 0.2) is 51.9 Å². The Kier molecular flexibility index (Phi) is 3.81. The second kappa shape index (κ2) is 6.12. The van der Waals surface area contributed by atoms with E-state index in [1.54, 1.807) is 29.6 Å². The van der Waals surface area contributed by atoms with Crippen LogP contribution in [0.5, 0.6) is 0 Å². The van der Waals surface area contributed by atoms with E-state index in [1.807, 2.05) is 18.2 Å². The average Bonchev–Trinajstić information content (AvgIpc) is 3.04. The summed E-state index contributed by atoms with van der Waals surface area (Å²) in [7, 11) is 0. The summed E-state index contributed by atoms with van der Waals surface area (Å²) in [5.74, 6) is 0.990. The molecule has 0 atom stereocenters. The predicted octanol–water partition coefficient (Wildman–Crippen LogP) is 2.53. The first kappa shape index (κ1) is 14.9. The largest absolute Gasteiger partial charge is 0.338 e. The Bertz CT molecular complexity index is 877. The zero-order valence-corrected chi connectivity index (χ0v) is 14.0. The second-order valence-corrected chi connectivity index (χ2v) is 6.38. The summed E-state index contributed by atoms with van der Waals surface area (Å²) < 4.78 is 6.19. The SMILES string of the molecule is O=C(c1cccc(Br)c1)N1CC(c2nc(-c3cnccn3)no2)C1. The summed E-state index contributed by atoms with van der Waals surface area (Å²) in [5, 5.41) is 3.93. The molecule has 2 aromatic heterocycles. The van der Waals surface area contributed by atoms with Crippen molar-refractivity contribution in [3.05, 3.63) is 58.8 Å². The van der Waals surface area contributed by atoms with Gasteiger partial charge in [0.1, 0.15) is 5.69 Å². The van der Waals surface area contributed by atoms with Gasteiger partial charge in [0.2, 0.25) is 11.7 Å².